The van der Waals surface area contributed by atoms with Crippen LogP contribution in [0.3, 0.4) is 0 Å². The van der Waals surface area contributed by atoms with Gasteiger partial charge in [0.25, 0.3) is 0 Å². The van der Waals surface area contributed by atoms with Crippen molar-refractivity contribution in [2.24, 2.45) is 0 Å². The second kappa shape index (κ2) is 7.07. The summed E-state index contributed by atoms with van der Waals surface area (Å²) in [7, 11) is 1.22. The topological polar surface area (TPSA) is 102 Å². The number of carbonyl (C=O) groups is 2. The summed E-state index contributed by atoms with van der Waals surface area (Å²) in [6.45, 7) is 1.72. The number of imide groups is 1. The number of carbonyl (C=O) groups excluding carboxylic acids is 2. The first-order valence-corrected chi connectivity index (χ1v) is 9.53. The lowest BCUT2D eigenvalue weighted by Crippen LogP contribution is -2.36. The van der Waals surface area contributed by atoms with Gasteiger partial charge in [0.05, 0.1) is 12.4 Å². The predicted octanol–water partition coefficient (Wildman–Crippen LogP) is 3.12. The summed E-state index contributed by atoms with van der Waals surface area (Å²) in [5.41, 5.74) is 2.03. The van der Waals surface area contributed by atoms with Crippen LogP contribution in [0.1, 0.15) is 25.8 Å². The van der Waals surface area contributed by atoms with Crippen LogP contribution in [0.25, 0.3) is 22.3 Å². The van der Waals surface area contributed by atoms with Gasteiger partial charge in [0.2, 0.25) is 5.91 Å². The number of fused-ring (bicyclic) bond motifs is 1. The molecule has 0 bridgehead atoms. The number of aromatic amines is 1. The average molecular weight is 385 g/mol. The maximum absolute atomic E-state index is 12.1. The number of hydrogen-bond donors (Lipinski definition) is 2. The van der Waals surface area contributed by atoms with Gasteiger partial charge in [-0.3, -0.25) is 14.7 Å². The van der Waals surface area contributed by atoms with Crippen LogP contribution >= 0.6 is 11.8 Å². The summed E-state index contributed by atoms with van der Waals surface area (Å²) in [5.74, 6) is 0.365. The Hall–Kier alpha value is -2.81. The monoisotopic (exact) mass is 385 g/mol. The van der Waals surface area contributed by atoms with Crippen molar-refractivity contribution in [2.45, 2.75) is 36.2 Å². The van der Waals surface area contributed by atoms with Gasteiger partial charge in [-0.05, 0) is 25.8 Å². The molecule has 2 amide bonds. The highest BCUT2D eigenvalue weighted by molar-refractivity contribution is 8.00. The van der Waals surface area contributed by atoms with Gasteiger partial charge in [-0.1, -0.05) is 30.0 Å². The molecule has 0 saturated heterocycles. The fourth-order valence-corrected chi connectivity index (χ4v) is 3.84. The Morgan fingerprint density at radius 2 is 2.11 bits per heavy atom. The molecule has 1 fully saturated rings. The van der Waals surface area contributed by atoms with Crippen LogP contribution in [0.2, 0.25) is 0 Å². The highest BCUT2D eigenvalue weighted by atomic mass is 32.2. The van der Waals surface area contributed by atoms with Crippen LogP contribution in [0.15, 0.2) is 35.6 Å². The molecule has 1 saturated carbocycles. The van der Waals surface area contributed by atoms with Gasteiger partial charge < -0.3 is 9.72 Å². The van der Waals surface area contributed by atoms with Crippen molar-refractivity contribution < 1.29 is 14.3 Å². The summed E-state index contributed by atoms with van der Waals surface area (Å²) in [5, 5.41) is 12.2. The molecule has 2 N–H and O–H groups in total. The Labute approximate surface area is 159 Å². The zero-order valence-corrected chi connectivity index (χ0v) is 15.7. The number of rotatable bonds is 5. The Bertz CT molecular complexity index is 1010. The second-order valence-electron chi connectivity index (χ2n) is 6.40. The molecule has 27 heavy (non-hydrogen) atoms. The van der Waals surface area contributed by atoms with Gasteiger partial charge >= 0.3 is 6.09 Å². The van der Waals surface area contributed by atoms with Crippen LogP contribution in [0.4, 0.5) is 4.79 Å². The molecule has 0 aliphatic heterocycles. The lowest BCUT2D eigenvalue weighted by atomic mass is 10.1. The van der Waals surface area contributed by atoms with E-state index in [0.717, 1.165) is 35.1 Å². The number of nitrogens with one attached hydrogen (secondary N) is 2. The minimum atomic E-state index is -0.768. The molecular formula is C18H19N5O3S. The van der Waals surface area contributed by atoms with Crippen LogP contribution in [-0.4, -0.2) is 44.1 Å². The molecule has 3 aromatic rings. The number of hydrogen-bond acceptors (Lipinski definition) is 6. The van der Waals surface area contributed by atoms with Gasteiger partial charge in [-0.25, -0.2) is 4.79 Å². The number of para-hydroxylation sites is 1. The third-order valence-electron chi connectivity index (χ3n) is 4.47. The molecule has 2 aromatic heterocycles. The highest BCUT2D eigenvalue weighted by Gasteiger charge is 2.32. The molecule has 8 nitrogen and oxygen atoms in total. The quantitative estimate of drug-likeness (QED) is 0.654. The van der Waals surface area contributed by atoms with E-state index in [1.165, 1.54) is 18.9 Å². The Morgan fingerprint density at radius 1 is 1.33 bits per heavy atom. The molecule has 0 spiro atoms. The van der Waals surface area contributed by atoms with E-state index < -0.39 is 17.3 Å². The molecular weight excluding hydrogens is 366 g/mol. The SMILES string of the molecule is COC(=O)NC(=O)[C@@H](C)Sc1nnc(-c2c[nH]c3ccccc23)n1C1CC1. The van der Waals surface area contributed by atoms with Gasteiger partial charge in [0, 0.05) is 28.7 Å². The van der Waals surface area contributed by atoms with Crippen molar-refractivity contribution in [3.8, 4) is 11.4 Å². The standard InChI is InChI=1S/C18H19N5O3S/c1-10(16(24)20-18(25)26-2)27-17-22-21-15(23(17)11-7-8-11)13-9-19-14-6-4-3-5-12(13)14/h3-6,9-11,19H,7-8H2,1-2H3,(H,20,24,25)/t10-/m1/s1. The lowest BCUT2D eigenvalue weighted by Gasteiger charge is -2.12. The number of nitrogens with zero attached hydrogens (tertiary/aromatic N) is 3. The van der Waals surface area contributed by atoms with Gasteiger partial charge in [-0.15, -0.1) is 10.2 Å². The fraction of sp³-hybridized carbons (Fsp3) is 0.333. The van der Waals surface area contributed by atoms with Gasteiger partial charge in [0.1, 0.15) is 0 Å². The van der Waals surface area contributed by atoms with E-state index in [4.69, 9.17) is 0 Å². The first-order valence-electron chi connectivity index (χ1n) is 8.65. The molecule has 0 unspecified atom stereocenters. The van der Waals surface area contributed by atoms with Crippen molar-refractivity contribution in [1.29, 1.82) is 0 Å². The van der Waals surface area contributed by atoms with E-state index >= 15 is 0 Å². The number of methoxy groups -OCH3 is 1. The van der Waals surface area contributed by atoms with Crippen molar-refractivity contribution in [2.75, 3.05) is 7.11 Å². The van der Waals surface area contributed by atoms with E-state index in [9.17, 15) is 9.59 Å². The molecule has 1 atom stereocenters. The van der Waals surface area contributed by atoms with Crippen molar-refractivity contribution >= 4 is 34.7 Å². The molecule has 2 heterocycles. The van der Waals surface area contributed by atoms with Crippen LogP contribution < -0.4 is 5.32 Å². The normalized spacial score (nSPS) is 14.9. The summed E-state index contributed by atoms with van der Waals surface area (Å²) < 4.78 is 6.57. The van der Waals surface area contributed by atoms with Crippen molar-refractivity contribution in [3.63, 3.8) is 0 Å². The molecule has 4 rings (SSSR count). The highest BCUT2D eigenvalue weighted by Crippen LogP contribution is 2.42. The molecule has 1 aromatic carbocycles. The number of alkyl carbamates (subject to hydrolysis) is 1. The lowest BCUT2D eigenvalue weighted by molar-refractivity contribution is -0.119. The molecule has 0 radical (unpaired) electrons. The zero-order chi connectivity index (χ0) is 19.0. The smallest absolute Gasteiger partial charge is 0.413 e. The Balaban J connectivity index is 1.64. The first-order chi connectivity index (χ1) is 13.1. The summed E-state index contributed by atoms with van der Waals surface area (Å²) in [4.78, 5) is 26.6. The number of amides is 2. The van der Waals surface area contributed by atoms with E-state index in [-0.39, 0.29) is 0 Å². The van der Waals surface area contributed by atoms with E-state index in [0.29, 0.717) is 11.2 Å². The minimum absolute atomic E-state index is 0.335. The van der Waals surface area contributed by atoms with E-state index in [1.54, 1.807) is 6.92 Å². The first kappa shape index (κ1) is 17.6. The number of ether oxygens (including phenoxy) is 1. The van der Waals surface area contributed by atoms with E-state index in [1.807, 2.05) is 30.5 Å². The Kier molecular flexibility index (Phi) is 4.61. The minimum Gasteiger partial charge on any atom is -0.453 e. The number of benzene rings is 1. The third kappa shape index (κ3) is 3.42. The number of H-pyrrole nitrogens is 1. The fourth-order valence-electron chi connectivity index (χ4n) is 2.92. The average Bonchev–Trinajstić information content (AvgIpc) is 3.29. The summed E-state index contributed by atoms with van der Waals surface area (Å²) in [6, 6.07) is 8.38. The second-order valence-corrected chi connectivity index (χ2v) is 7.70. The maximum atomic E-state index is 12.1. The number of thioether (sulfide) groups is 1. The predicted molar refractivity (Wildman–Crippen MR) is 101 cm³/mol. The molecule has 140 valence electrons. The summed E-state index contributed by atoms with van der Waals surface area (Å²) >= 11 is 1.28. The third-order valence-corrected chi connectivity index (χ3v) is 5.53. The van der Waals surface area contributed by atoms with Gasteiger partial charge in [0.15, 0.2) is 11.0 Å². The molecule has 9 heteroatoms. The summed E-state index contributed by atoms with van der Waals surface area (Å²) in [6.07, 6.45) is 3.29. The van der Waals surface area contributed by atoms with Crippen LogP contribution in [-0.2, 0) is 9.53 Å². The Morgan fingerprint density at radius 3 is 2.85 bits per heavy atom. The van der Waals surface area contributed by atoms with Crippen LogP contribution in [0, 0.1) is 0 Å². The molecule has 1 aliphatic carbocycles. The van der Waals surface area contributed by atoms with Crippen LogP contribution in [0.5, 0.6) is 0 Å². The largest absolute Gasteiger partial charge is 0.453 e. The zero-order valence-electron chi connectivity index (χ0n) is 14.9. The van der Waals surface area contributed by atoms with E-state index in [2.05, 4.69) is 29.8 Å². The molecule has 1 aliphatic rings. The number of aromatic nitrogens is 4. The van der Waals surface area contributed by atoms with Crippen molar-refractivity contribution in [3.05, 3.63) is 30.5 Å². The maximum Gasteiger partial charge on any atom is 0.413 e. The van der Waals surface area contributed by atoms with Gasteiger partial charge in [-0.2, -0.15) is 0 Å². The van der Waals surface area contributed by atoms with Crippen molar-refractivity contribution in [1.82, 2.24) is 25.1 Å².